The van der Waals surface area contributed by atoms with Crippen LogP contribution in [-0.4, -0.2) is 95.5 Å². The molecule has 0 aromatic rings. The first-order valence-electron chi connectivity index (χ1n) is 17.6. The Hall–Kier alpha value is 2.16. The summed E-state index contributed by atoms with van der Waals surface area (Å²) in [5, 5.41) is 8.49. The second kappa shape index (κ2) is 26.9. The van der Waals surface area contributed by atoms with Crippen LogP contribution in [0.1, 0.15) is 101 Å². The van der Waals surface area contributed by atoms with E-state index < -0.39 is 24.7 Å². The molecule has 0 amide bonds. The SMILES string of the molecule is C1CCOC1.C1CCOC1.C1CCOC1.CC(C)(C)[Si](C)(C)[N-]CCN(CC[N-][Si](C)(C)C(C)(C)C)[N-][Si](C)(C)C(C)(C)C.[Li+].[Li+].[Li+]. The van der Waals surface area contributed by atoms with E-state index in [0.717, 1.165) is 65.8 Å². The van der Waals surface area contributed by atoms with Crippen molar-refractivity contribution in [2.75, 3.05) is 65.8 Å². The largest absolute Gasteiger partial charge is 1.00 e. The molecule has 0 aromatic heterocycles. The van der Waals surface area contributed by atoms with Gasteiger partial charge in [-0.15, -0.1) is 13.1 Å². The first-order valence-corrected chi connectivity index (χ1v) is 26.5. The van der Waals surface area contributed by atoms with Crippen molar-refractivity contribution in [1.82, 2.24) is 5.01 Å². The second-order valence-electron chi connectivity index (χ2n) is 17.2. The van der Waals surface area contributed by atoms with Gasteiger partial charge in [-0.1, -0.05) is 133 Å². The van der Waals surface area contributed by atoms with Gasteiger partial charge in [0.05, 0.1) is 0 Å². The van der Waals surface area contributed by atoms with Crippen LogP contribution in [0.4, 0.5) is 0 Å². The van der Waals surface area contributed by atoms with Crippen molar-refractivity contribution in [3.8, 4) is 0 Å². The number of nitrogens with zero attached hydrogens (tertiary/aromatic N) is 4. The predicted molar refractivity (Wildman–Crippen MR) is 203 cm³/mol. The van der Waals surface area contributed by atoms with Crippen LogP contribution < -0.4 is 56.6 Å². The summed E-state index contributed by atoms with van der Waals surface area (Å²) in [6.45, 7) is 44.9. The van der Waals surface area contributed by atoms with Gasteiger partial charge in [-0.05, 0) is 59.8 Å². The maximum Gasteiger partial charge on any atom is 1.00 e. The van der Waals surface area contributed by atoms with Crippen molar-refractivity contribution >= 4 is 24.7 Å². The minimum absolute atomic E-state index is 0. The average molecular weight is 695 g/mol. The molecule has 0 bridgehead atoms. The molecule has 0 aromatic carbocycles. The van der Waals surface area contributed by atoms with Gasteiger partial charge in [0, 0.05) is 39.6 Å². The topological polar surface area (TPSA) is 73.2 Å². The van der Waals surface area contributed by atoms with Gasteiger partial charge in [0.1, 0.15) is 0 Å². The van der Waals surface area contributed by atoms with Gasteiger partial charge >= 0.3 is 56.6 Å². The minimum Gasteiger partial charge on any atom is -0.663 e. The quantitative estimate of drug-likeness (QED) is 0.258. The molecular formula is C34H77Li3N4O3Si3. The first-order chi connectivity index (χ1) is 20.0. The molecule has 0 radical (unpaired) electrons. The second-order valence-corrected chi connectivity index (χ2v) is 31.9. The van der Waals surface area contributed by atoms with E-state index in [9.17, 15) is 0 Å². The summed E-state index contributed by atoms with van der Waals surface area (Å²) in [4.78, 5) is 10.4. The number of ether oxygens (including phenoxy) is 3. The zero-order valence-corrected chi connectivity index (χ0v) is 38.3. The molecule has 3 aliphatic heterocycles. The van der Waals surface area contributed by atoms with Gasteiger partial charge in [-0.25, -0.2) is 0 Å². The monoisotopic (exact) mass is 695 g/mol. The predicted octanol–water partition coefficient (Wildman–Crippen LogP) is 1.74. The van der Waals surface area contributed by atoms with E-state index in [4.69, 9.17) is 29.3 Å². The molecule has 3 heterocycles. The molecule has 0 spiro atoms. The van der Waals surface area contributed by atoms with E-state index in [-0.39, 0.29) is 61.6 Å². The summed E-state index contributed by atoms with van der Waals surface area (Å²) in [7, 11) is -4.95. The summed E-state index contributed by atoms with van der Waals surface area (Å²) in [5.41, 5.74) is 0. The molecule has 13 heteroatoms. The summed E-state index contributed by atoms with van der Waals surface area (Å²) in [6, 6.07) is 0. The molecule has 47 heavy (non-hydrogen) atoms. The van der Waals surface area contributed by atoms with Crippen LogP contribution in [0.3, 0.4) is 0 Å². The third-order valence-electron chi connectivity index (χ3n) is 10.1. The van der Waals surface area contributed by atoms with Gasteiger partial charge in [0.25, 0.3) is 0 Å². The Kier molecular flexibility index (Phi) is 31.9. The van der Waals surface area contributed by atoms with E-state index in [2.05, 4.69) is 107 Å². The normalized spacial score (nSPS) is 17.1. The minimum atomic E-state index is -1.74. The molecule has 0 atom stereocenters. The van der Waals surface area contributed by atoms with Crippen molar-refractivity contribution in [2.45, 2.75) is 155 Å². The first kappa shape index (κ1) is 55.9. The molecule has 3 fully saturated rings. The maximum atomic E-state index is 5.33. The summed E-state index contributed by atoms with van der Waals surface area (Å²) in [5.74, 6) is 0. The Labute approximate surface area is 334 Å². The molecule has 7 nitrogen and oxygen atoms in total. The van der Waals surface area contributed by atoms with Gasteiger partial charge in [0.2, 0.25) is 0 Å². The Morgan fingerprint density at radius 2 is 0.681 bits per heavy atom. The zero-order valence-electron chi connectivity index (χ0n) is 35.3. The molecular weight excluding hydrogens is 617 g/mol. The fraction of sp³-hybridized carbons (Fsp3) is 1.00. The molecule has 0 unspecified atom stereocenters. The fourth-order valence-electron chi connectivity index (χ4n) is 3.61. The van der Waals surface area contributed by atoms with Gasteiger partial charge in [-0.3, -0.25) is 0 Å². The third kappa shape index (κ3) is 25.7. The van der Waals surface area contributed by atoms with Crippen LogP contribution in [0.2, 0.25) is 54.4 Å². The van der Waals surface area contributed by atoms with Crippen LogP contribution in [0.5, 0.6) is 0 Å². The summed E-state index contributed by atoms with van der Waals surface area (Å²) in [6.07, 6.45) is 7.67. The van der Waals surface area contributed by atoms with Gasteiger partial charge in [0.15, 0.2) is 0 Å². The fourth-order valence-corrected chi connectivity index (χ4v) is 7.08. The molecule has 3 saturated heterocycles. The van der Waals surface area contributed by atoms with Gasteiger partial charge in [-0.2, -0.15) is 0 Å². The van der Waals surface area contributed by atoms with Crippen molar-refractivity contribution in [3.63, 3.8) is 0 Å². The maximum absolute atomic E-state index is 5.33. The van der Waals surface area contributed by atoms with E-state index in [1.807, 2.05) is 0 Å². The van der Waals surface area contributed by atoms with E-state index >= 15 is 0 Å². The van der Waals surface area contributed by atoms with Crippen molar-refractivity contribution < 1.29 is 70.8 Å². The molecule has 3 aliphatic rings. The van der Waals surface area contributed by atoms with E-state index in [1.54, 1.807) is 0 Å². The number of hydrogen-bond acceptors (Lipinski definition) is 4. The zero-order chi connectivity index (χ0) is 34.1. The smallest absolute Gasteiger partial charge is 0.663 e. The molecule has 266 valence electrons. The van der Waals surface area contributed by atoms with Crippen LogP contribution in [0.15, 0.2) is 0 Å². The standard InChI is InChI=1S/C22H53N4Si3.3C4H8O.3Li/c1-20(2,3)27(10,11)23-16-18-26(25-29(14,15)22(7,8)9)19-17-24-28(12,13)21(4,5)6;3*1-2-4-5-3-1;;;/h16-19H2,1-15H3;3*1-4H2;;;/q-3;;;;3*+1. The summed E-state index contributed by atoms with van der Waals surface area (Å²) >= 11 is 0. The Morgan fingerprint density at radius 1 is 0.447 bits per heavy atom. The Bertz CT molecular complexity index is 658. The van der Waals surface area contributed by atoms with Crippen LogP contribution in [0, 0.1) is 0 Å². The molecule has 0 saturated carbocycles. The average Bonchev–Trinajstić information content (AvgIpc) is 3.68. The van der Waals surface area contributed by atoms with Gasteiger partial charge < -0.3 is 34.3 Å². The molecule has 0 N–H and O–H groups in total. The Morgan fingerprint density at radius 3 is 0.851 bits per heavy atom. The van der Waals surface area contributed by atoms with Crippen LogP contribution in [0.25, 0.3) is 15.1 Å². The van der Waals surface area contributed by atoms with Crippen molar-refractivity contribution in [1.29, 1.82) is 0 Å². The van der Waals surface area contributed by atoms with Crippen LogP contribution in [-0.2, 0) is 14.2 Å². The third-order valence-corrected chi connectivity index (χ3v) is 23.9. The Balaban J connectivity index is -0.000000411. The summed E-state index contributed by atoms with van der Waals surface area (Å²) < 4.78 is 14.8. The number of hydrogen-bond donors (Lipinski definition) is 0. The number of rotatable bonds is 10. The van der Waals surface area contributed by atoms with Crippen molar-refractivity contribution in [2.24, 2.45) is 0 Å². The molecule has 3 rings (SSSR count). The van der Waals surface area contributed by atoms with E-state index in [0.29, 0.717) is 10.1 Å². The molecule has 0 aliphatic carbocycles. The van der Waals surface area contributed by atoms with Crippen LogP contribution >= 0.6 is 0 Å². The van der Waals surface area contributed by atoms with E-state index in [1.165, 1.54) is 38.5 Å². The van der Waals surface area contributed by atoms with Crippen molar-refractivity contribution in [3.05, 3.63) is 15.1 Å².